The maximum atomic E-state index is 3.56. The molecule has 0 fully saturated rings. The van der Waals surface area contributed by atoms with Gasteiger partial charge in [-0.25, -0.2) is 0 Å². The van der Waals surface area contributed by atoms with Crippen LogP contribution in [0.15, 0.2) is 65.5 Å². The normalized spacial score (nSPS) is 23.4. The van der Waals surface area contributed by atoms with Crippen molar-refractivity contribution >= 4 is 0 Å². The predicted molar refractivity (Wildman–Crippen MR) is 91.3 cm³/mol. The fourth-order valence-electron chi connectivity index (χ4n) is 4.05. The summed E-state index contributed by atoms with van der Waals surface area (Å²) in [5.74, 6) is 0.666. The molecule has 1 unspecified atom stereocenters. The first-order valence-electron chi connectivity index (χ1n) is 8.54. The number of allylic oxidation sites excluding steroid dienone is 4. The van der Waals surface area contributed by atoms with Crippen LogP contribution in [0.3, 0.4) is 0 Å². The lowest BCUT2D eigenvalue weighted by molar-refractivity contribution is 0.399. The number of nitrogens with zero attached hydrogens (tertiary/aromatic N) is 1. The van der Waals surface area contributed by atoms with Crippen LogP contribution in [0, 0.1) is 5.92 Å². The molecule has 2 heteroatoms. The number of hydrogen-bond acceptors (Lipinski definition) is 2. The minimum Gasteiger partial charge on any atom is -0.347 e. The Morgan fingerprint density at radius 3 is 3.00 bits per heavy atom. The van der Waals surface area contributed by atoms with Gasteiger partial charge in [0.1, 0.15) is 0 Å². The third-order valence-corrected chi connectivity index (χ3v) is 5.11. The van der Waals surface area contributed by atoms with E-state index in [-0.39, 0.29) is 0 Å². The third kappa shape index (κ3) is 2.52. The molecular weight excluding hydrogens is 268 g/mol. The van der Waals surface area contributed by atoms with Crippen LogP contribution in [0.25, 0.3) is 0 Å². The van der Waals surface area contributed by atoms with Gasteiger partial charge < -0.3 is 10.2 Å². The molecule has 1 atom stereocenters. The monoisotopic (exact) mass is 292 g/mol. The molecule has 0 aromatic heterocycles. The Morgan fingerprint density at radius 2 is 2.09 bits per heavy atom. The van der Waals surface area contributed by atoms with E-state index in [1.165, 1.54) is 31.2 Å². The molecule has 4 rings (SSSR count). The van der Waals surface area contributed by atoms with Gasteiger partial charge in [0.25, 0.3) is 0 Å². The van der Waals surface area contributed by atoms with Gasteiger partial charge in [0.05, 0.1) is 0 Å². The van der Waals surface area contributed by atoms with Gasteiger partial charge >= 0.3 is 0 Å². The lowest BCUT2D eigenvalue weighted by Crippen LogP contribution is -2.31. The lowest BCUT2D eigenvalue weighted by Gasteiger charge is -2.27. The lowest BCUT2D eigenvalue weighted by atomic mass is 9.88. The van der Waals surface area contributed by atoms with Gasteiger partial charge in [-0.15, -0.1) is 0 Å². The summed E-state index contributed by atoms with van der Waals surface area (Å²) < 4.78 is 0. The average Bonchev–Trinajstić information content (AvgIpc) is 2.91. The fraction of sp³-hybridized carbons (Fsp3) is 0.400. The first kappa shape index (κ1) is 13.8. The molecule has 0 radical (unpaired) electrons. The Bertz CT molecular complexity index is 624. The fourth-order valence-corrected chi connectivity index (χ4v) is 4.05. The first-order valence-corrected chi connectivity index (χ1v) is 8.54. The number of fused-ring (bicyclic) bond motifs is 2. The van der Waals surface area contributed by atoms with E-state index in [2.05, 4.69) is 58.8 Å². The van der Waals surface area contributed by atoms with E-state index < -0.39 is 0 Å². The highest BCUT2D eigenvalue weighted by Crippen LogP contribution is 2.43. The Balaban J connectivity index is 1.48. The topological polar surface area (TPSA) is 15.3 Å². The third-order valence-electron chi connectivity index (χ3n) is 5.11. The first-order chi connectivity index (χ1) is 10.9. The molecule has 1 aliphatic carbocycles. The van der Waals surface area contributed by atoms with Gasteiger partial charge in [-0.2, -0.15) is 0 Å². The summed E-state index contributed by atoms with van der Waals surface area (Å²) in [4.78, 5) is 2.61. The predicted octanol–water partition coefficient (Wildman–Crippen LogP) is 3.64. The van der Waals surface area contributed by atoms with Crippen LogP contribution < -0.4 is 5.32 Å². The van der Waals surface area contributed by atoms with E-state index >= 15 is 0 Å². The average molecular weight is 292 g/mol. The maximum Gasteiger partial charge on any atom is 0.0359 e. The summed E-state index contributed by atoms with van der Waals surface area (Å²) in [6.07, 6.45) is 11.7. The summed E-state index contributed by atoms with van der Waals surface area (Å²) in [5.41, 5.74) is 6.27. The molecule has 1 aromatic rings. The van der Waals surface area contributed by atoms with E-state index in [1.807, 2.05) is 0 Å². The Kier molecular flexibility index (Phi) is 3.86. The minimum absolute atomic E-state index is 0.666. The van der Waals surface area contributed by atoms with Crippen molar-refractivity contribution in [2.45, 2.75) is 25.7 Å². The standard InChI is InChI=1S/C20H24N2/c1-2-7-16(8-3-1)9-6-14-22-19-11-5-4-10-17(19)18-12-13-21-15-20(18)22/h1-5,7-8,11,17,21H,6,9-10,12-15H2. The molecule has 2 nitrogen and oxygen atoms in total. The number of benzene rings is 1. The van der Waals surface area contributed by atoms with Crippen LogP contribution in [-0.2, 0) is 6.42 Å². The van der Waals surface area contributed by atoms with Crippen molar-refractivity contribution in [2.75, 3.05) is 19.6 Å². The largest absolute Gasteiger partial charge is 0.347 e. The smallest absolute Gasteiger partial charge is 0.0359 e. The van der Waals surface area contributed by atoms with Crippen LogP contribution in [0.2, 0.25) is 0 Å². The molecule has 1 aromatic carbocycles. The number of hydrogen-bond donors (Lipinski definition) is 1. The molecule has 1 N–H and O–H groups in total. The second-order valence-electron chi connectivity index (χ2n) is 6.45. The zero-order chi connectivity index (χ0) is 14.8. The van der Waals surface area contributed by atoms with Crippen molar-refractivity contribution in [3.05, 3.63) is 71.1 Å². The van der Waals surface area contributed by atoms with Gasteiger partial charge in [-0.3, -0.25) is 0 Å². The van der Waals surface area contributed by atoms with Crippen LogP contribution in [0.5, 0.6) is 0 Å². The highest BCUT2D eigenvalue weighted by Gasteiger charge is 2.36. The molecule has 0 bridgehead atoms. The second kappa shape index (κ2) is 6.13. The molecule has 0 saturated carbocycles. The van der Waals surface area contributed by atoms with Crippen LogP contribution in [0.1, 0.15) is 24.8 Å². The summed E-state index contributed by atoms with van der Waals surface area (Å²) in [6.45, 7) is 3.34. The minimum atomic E-state index is 0.666. The molecule has 0 saturated heterocycles. The molecule has 22 heavy (non-hydrogen) atoms. The molecule has 0 spiro atoms. The van der Waals surface area contributed by atoms with Crippen molar-refractivity contribution in [2.24, 2.45) is 5.92 Å². The molecule has 2 aliphatic heterocycles. The molecule has 0 amide bonds. The van der Waals surface area contributed by atoms with E-state index in [4.69, 9.17) is 0 Å². The quantitative estimate of drug-likeness (QED) is 0.911. The number of rotatable bonds is 4. The SMILES string of the molecule is C1=CCC2C(=C1)N(CCCc1ccccc1)C1=C2CCNC1. The zero-order valence-corrected chi connectivity index (χ0v) is 13.1. The van der Waals surface area contributed by atoms with Gasteiger partial charge in [-0.1, -0.05) is 42.5 Å². The maximum absolute atomic E-state index is 3.56. The van der Waals surface area contributed by atoms with E-state index in [1.54, 1.807) is 17.0 Å². The van der Waals surface area contributed by atoms with E-state index in [0.29, 0.717) is 5.92 Å². The van der Waals surface area contributed by atoms with Gasteiger partial charge in [0.15, 0.2) is 0 Å². The van der Waals surface area contributed by atoms with Crippen molar-refractivity contribution in [3.8, 4) is 0 Å². The van der Waals surface area contributed by atoms with Crippen molar-refractivity contribution in [1.29, 1.82) is 0 Å². The summed E-state index contributed by atoms with van der Waals surface area (Å²) >= 11 is 0. The summed E-state index contributed by atoms with van der Waals surface area (Å²) in [6, 6.07) is 10.9. The Labute approximate surface area is 133 Å². The molecule has 114 valence electrons. The van der Waals surface area contributed by atoms with Crippen LogP contribution in [-0.4, -0.2) is 24.5 Å². The molecule has 2 heterocycles. The van der Waals surface area contributed by atoms with Crippen LogP contribution >= 0.6 is 0 Å². The van der Waals surface area contributed by atoms with Gasteiger partial charge in [0.2, 0.25) is 0 Å². The highest BCUT2D eigenvalue weighted by atomic mass is 15.2. The Hall–Kier alpha value is -1.80. The van der Waals surface area contributed by atoms with Crippen molar-refractivity contribution < 1.29 is 0 Å². The highest BCUT2D eigenvalue weighted by molar-refractivity contribution is 5.41. The molecule has 3 aliphatic rings. The zero-order valence-electron chi connectivity index (χ0n) is 13.1. The van der Waals surface area contributed by atoms with E-state index in [0.717, 1.165) is 19.6 Å². The number of nitrogens with one attached hydrogen (secondary N) is 1. The molecular formula is C20H24N2. The van der Waals surface area contributed by atoms with Gasteiger partial charge in [0, 0.05) is 30.4 Å². The van der Waals surface area contributed by atoms with Gasteiger partial charge in [-0.05, 0) is 49.4 Å². The second-order valence-corrected chi connectivity index (χ2v) is 6.45. The van der Waals surface area contributed by atoms with E-state index in [9.17, 15) is 0 Å². The summed E-state index contributed by atoms with van der Waals surface area (Å²) in [5, 5.41) is 3.56. The van der Waals surface area contributed by atoms with Crippen molar-refractivity contribution in [3.63, 3.8) is 0 Å². The Morgan fingerprint density at radius 1 is 1.18 bits per heavy atom. The van der Waals surface area contributed by atoms with Crippen molar-refractivity contribution in [1.82, 2.24) is 10.2 Å². The summed E-state index contributed by atoms with van der Waals surface area (Å²) in [7, 11) is 0. The van der Waals surface area contributed by atoms with Crippen LogP contribution in [0.4, 0.5) is 0 Å². The number of aryl methyl sites for hydroxylation is 1.